The van der Waals surface area contributed by atoms with Crippen molar-refractivity contribution >= 4 is 0 Å². The van der Waals surface area contributed by atoms with Gasteiger partial charge in [-0.25, -0.2) is 4.39 Å². The normalized spacial score (nSPS) is 14.8. The molecule has 0 saturated carbocycles. The molecule has 0 aromatic heterocycles. The second-order valence-electron chi connectivity index (χ2n) is 4.17. The minimum absolute atomic E-state index is 0.0538. The zero-order chi connectivity index (χ0) is 12.0. The molecule has 0 aliphatic heterocycles. The molecule has 4 N–H and O–H groups in total. The lowest BCUT2D eigenvalue weighted by Crippen LogP contribution is -2.33. The summed E-state index contributed by atoms with van der Waals surface area (Å²) in [5.74, 6) is -0.280. The first-order chi connectivity index (χ1) is 7.70. The van der Waals surface area contributed by atoms with E-state index in [0.29, 0.717) is 12.1 Å². The van der Waals surface area contributed by atoms with Crippen molar-refractivity contribution in [3.05, 3.63) is 35.6 Å². The quantitative estimate of drug-likeness (QED) is 0.779. The molecule has 2 nitrogen and oxygen atoms in total. The van der Waals surface area contributed by atoms with E-state index in [1.165, 1.54) is 6.07 Å². The van der Waals surface area contributed by atoms with Crippen molar-refractivity contribution in [2.45, 2.75) is 38.1 Å². The van der Waals surface area contributed by atoms with E-state index in [9.17, 15) is 4.39 Å². The summed E-state index contributed by atoms with van der Waals surface area (Å²) in [6, 6.07) is 6.70. The zero-order valence-electron chi connectivity index (χ0n) is 9.83. The average Bonchev–Trinajstić information content (AvgIpc) is 2.30. The first-order valence-corrected chi connectivity index (χ1v) is 5.90. The Labute approximate surface area is 96.8 Å². The van der Waals surface area contributed by atoms with Gasteiger partial charge in [-0.1, -0.05) is 38.0 Å². The summed E-state index contributed by atoms with van der Waals surface area (Å²) in [5.41, 5.74) is 12.4. The molecular formula is C13H21FN2. The molecule has 0 spiro atoms. The fourth-order valence-electron chi connectivity index (χ4n) is 1.95. The molecule has 2 unspecified atom stereocenters. The molecule has 0 fully saturated rings. The van der Waals surface area contributed by atoms with Crippen molar-refractivity contribution in [1.82, 2.24) is 0 Å². The molecule has 1 aromatic rings. The van der Waals surface area contributed by atoms with Crippen molar-refractivity contribution in [3.63, 3.8) is 0 Å². The summed E-state index contributed by atoms with van der Waals surface area (Å²) in [6.07, 6.45) is 3.06. The molecule has 0 heterocycles. The number of rotatable bonds is 6. The van der Waals surface area contributed by atoms with Crippen LogP contribution in [0.2, 0.25) is 0 Å². The molecule has 2 atom stereocenters. The number of unbranched alkanes of at least 4 members (excludes halogenated alkanes) is 1. The predicted octanol–water partition coefficient (Wildman–Crippen LogP) is 2.39. The van der Waals surface area contributed by atoms with Gasteiger partial charge in [-0.05, 0) is 18.1 Å². The van der Waals surface area contributed by atoms with Gasteiger partial charge in [0.1, 0.15) is 5.82 Å². The Hall–Kier alpha value is -0.930. The lowest BCUT2D eigenvalue weighted by atomic mass is 9.89. The third-order valence-electron chi connectivity index (χ3n) is 2.97. The van der Waals surface area contributed by atoms with Gasteiger partial charge >= 0.3 is 0 Å². The third kappa shape index (κ3) is 3.29. The van der Waals surface area contributed by atoms with Crippen LogP contribution in [0.25, 0.3) is 0 Å². The summed E-state index contributed by atoms with van der Waals surface area (Å²) in [5, 5.41) is 0. The van der Waals surface area contributed by atoms with Crippen LogP contribution in [0, 0.1) is 5.82 Å². The molecule has 0 aliphatic rings. The van der Waals surface area contributed by atoms with E-state index in [2.05, 4.69) is 6.92 Å². The largest absolute Gasteiger partial charge is 0.330 e. The Bertz CT molecular complexity index is 315. The number of hydrogen-bond donors (Lipinski definition) is 2. The maximum atomic E-state index is 13.6. The van der Waals surface area contributed by atoms with Crippen LogP contribution in [0.15, 0.2) is 24.3 Å². The van der Waals surface area contributed by atoms with Crippen LogP contribution in [-0.2, 0) is 0 Å². The highest BCUT2D eigenvalue weighted by Gasteiger charge is 2.20. The van der Waals surface area contributed by atoms with Crippen LogP contribution in [0.3, 0.4) is 0 Å². The Morgan fingerprint density at radius 1 is 1.31 bits per heavy atom. The zero-order valence-corrected chi connectivity index (χ0v) is 9.83. The SMILES string of the molecule is CCCCC(N)C(CN)c1ccccc1F. The molecule has 90 valence electrons. The summed E-state index contributed by atoms with van der Waals surface area (Å²) in [4.78, 5) is 0. The Balaban J connectivity index is 2.77. The van der Waals surface area contributed by atoms with E-state index >= 15 is 0 Å². The molecule has 0 radical (unpaired) electrons. The predicted molar refractivity (Wildman–Crippen MR) is 65.7 cm³/mol. The van der Waals surface area contributed by atoms with E-state index in [1.807, 2.05) is 6.07 Å². The first-order valence-electron chi connectivity index (χ1n) is 5.90. The van der Waals surface area contributed by atoms with Gasteiger partial charge < -0.3 is 11.5 Å². The molecule has 0 saturated heterocycles. The summed E-state index contributed by atoms with van der Waals surface area (Å²) in [6.45, 7) is 2.51. The van der Waals surface area contributed by atoms with E-state index in [0.717, 1.165) is 19.3 Å². The molecule has 0 amide bonds. The molecule has 1 rings (SSSR count). The van der Waals surface area contributed by atoms with Gasteiger partial charge in [0.2, 0.25) is 0 Å². The van der Waals surface area contributed by atoms with E-state index < -0.39 is 0 Å². The highest BCUT2D eigenvalue weighted by atomic mass is 19.1. The highest BCUT2D eigenvalue weighted by Crippen LogP contribution is 2.23. The fourth-order valence-corrected chi connectivity index (χ4v) is 1.95. The van der Waals surface area contributed by atoms with E-state index in [4.69, 9.17) is 11.5 Å². The number of nitrogens with two attached hydrogens (primary N) is 2. The standard InChI is InChI=1S/C13H21FN2/c1-2-3-8-13(16)11(9-15)10-6-4-5-7-12(10)14/h4-7,11,13H,2-3,8-9,15-16H2,1H3. The third-order valence-corrected chi connectivity index (χ3v) is 2.97. The van der Waals surface area contributed by atoms with Crippen molar-refractivity contribution in [2.24, 2.45) is 11.5 Å². The fraction of sp³-hybridized carbons (Fsp3) is 0.538. The van der Waals surface area contributed by atoms with Crippen molar-refractivity contribution < 1.29 is 4.39 Å². The summed E-state index contributed by atoms with van der Waals surface area (Å²) < 4.78 is 13.6. The molecule has 16 heavy (non-hydrogen) atoms. The minimum Gasteiger partial charge on any atom is -0.330 e. The Kier molecular flexibility index (Phi) is 5.43. The highest BCUT2D eigenvalue weighted by molar-refractivity contribution is 5.23. The lowest BCUT2D eigenvalue weighted by molar-refractivity contribution is 0.469. The number of halogens is 1. The molecular weight excluding hydrogens is 203 g/mol. The number of hydrogen-bond acceptors (Lipinski definition) is 2. The van der Waals surface area contributed by atoms with Gasteiger partial charge in [-0.15, -0.1) is 0 Å². The average molecular weight is 224 g/mol. The van der Waals surface area contributed by atoms with Gasteiger partial charge in [0.15, 0.2) is 0 Å². The first kappa shape index (κ1) is 13.1. The van der Waals surface area contributed by atoms with Gasteiger partial charge in [0, 0.05) is 18.5 Å². The topological polar surface area (TPSA) is 52.0 Å². The Morgan fingerprint density at radius 2 is 2.00 bits per heavy atom. The second-order valence-corrected chi connectivity index (χ2v) is 4.17. The van der Waals surface area contributed by atoms with Gasteiger partial charge in [-0.2, -0.15) is 0 Å². The van der Waals surface area contributed by atoms with Crippen molar-refractivity contribution in [3.8, 4) is 0 Å². The molecule has 0 bridgehead atoms. The van der Waals surface area contributed by atoms with Crippen LogP contribution in [-0.4, -0.2) is 12.6 Å². The van der Waals surface area contributed by atoms with Crippen LogP contribution < -0.4 is 11.5 Å². The lowest BCUT2D eigenvalue weighted by Gasteiger charge is -2.23. The van der Waals surface area contributed by atoms with Gasteiger partial charge in [-0.3, -0.25) is 0 Å². The van der Waals surface area contributed by atoms with Gasteiger partial charge in [0.05, 0.1) is 0 Å². The van der Waals surface area contributed by atoms with Gasteiger partial charge in [0.25, 0.3) is 0 Å². The van der Waals surface area contributed by atoms with Crippen molar-refractivity contribution in [2.75, 3.05) is 6.54 Å². The van der Waals surface area contributed by atoms with Crippen LogP contribution >= 0.6 is 0 Å². The van der Waals surface area contributed by atoms with Crippen LogP contribution in [0.4, 0.5) is 4.39 Å². The Morgan fingerprint density at radius 3 is 2.56 bits per heavy atom. The molecule has 0 aliphatic carbocycles. The maximum absolute atomic E-state index is 13.6. The monoisotopic (exact) mass is 224 g/mol. The van der Waals surface area contributed by atoms with Crippen LogP contribution in [0.1, 0.15) is 37.7 Å². The smallest absolute Gasteiger partial charge is 0.126 e. The second kappa shape index (κ2) is 6.61. The minimum atomic E-state index is -0.204. The van der Waals surface area contributed by atoms with E-state index in [-0.39, 0.29) is 17.8 Å². The van der Waals surface area contributed by atoms with Crippen LogP contribution in [0.5, 0.6) is 0 Å². The molecule has 1 aromatic carbocycles. The number of benzene rings is 1. The summed E-state index contributed by atoms with van der Waals surface area (Å²) in [7, 11) is 0. The maximum Gasteiger partial charge on any atom is 0.126 e. The van der Waals surface area contributed by atoms with E-state index in [1.54, 1.807) is 12.1 Å². The summed E-state index contributed by atoms with van der Waals surface area (Å²) >= 11 is 0. The molecule has 3 heteroatoms. The van der Waals surface area contributed by atoms with Crippen molar-refractivity contribution in [1.29, 1.82) is 0 Å².